The average molecular weight is 335 g/mol. The van der Waals surface area contributed by atoms with Crippen molar-refractivity contribution in [3.05, 3.63) is 34.6 Å². The highest BCUT2D eigenvalue weighted by molar-refractivity contribution is 6.31. The smallest absolute Gasteiger partial charge is 0.220 e. The van der Waals surface area contributed by atoms with E-state index >= 15 is 0 Å². The molecule has 0 spiro atoms. The Bertz CT molecular complexity index is 445. The number of halogens is 3. The van der Waals surface area contributed by atoms with Crippen molar-refractivity contribution < 1.29 is 9.18 Å². The quantitative estimate of drug-likeness (QED) is 0.867. The average Bonchev–Trinajstić information content (AvgIpc) is 2.46. The summed E-state index contributed by atoms with van der Waals surface area (Å²) >= 11 is 5.91. The van der Waals surface area contributed by atoms with E-state index in [1.54, 1.807) is 12.1 Å². The molecule has 2 N–H and O–H groups in total. The van der Waals surface area contributed by atoms with Crippen molar-refractivity contribution in [3.8, 4) is 0 Å². The number of amides is 1. The van der Waals surface area contributed by atoms with Gasteiger partial charge in [-0.05, 0) is 50.4 Å². The van der Waals surface area contributed by atoms with Crippen molar-refractivity contribution in [2.75, 3.05) is 13.1 Å². The van der Waals surface area contributed by atoms with Gasteiger partial charge in [-0.15, -0.1) is 12.4 Å². The Balaban J connectivity index is 0.00000220. The van der Waals surface area contributed by atoms with E-state index in [2.05, 4.69) is 10.6 Å². The molecular formula is C15H21Cl2FN2O. The lowest BCUT2D eigenvalue weighted by molar-refractivity contribution is -0.121. The van der Waals surface area contributed by atoms with Crippen molar-refractivity contribution >= 4 is 29.9 Å². The Kier molecular flexibility index (Phi) is 8.01. The molecule has 3 nitrogen and oxygen atoms in total. The molecule has 0 atom stereocenters. The fourth-order valence-corrected chi connectivity index (χ4v) is 2.71. The zero-order valence-corrected chi connectivity index (χ0v) is 13.4. The van der Waals surface area contributed by atoms with Crippen LogP contribution in [0.4, 0.5) is 4.39 Å². The molecule has 118 valence electrons. The maximum absolute atomic E-state index is 13.5. The van der Waals surface area contributed by atoms with Crippen LogP contribution >= 0.6 is 24.0 Å². The SMILES string of the molecule is Cl.O=C(CCC1CCNCC1)NCc1c(F)cccc1Cl. The third-order valence-corrected chi connectivity index (χ3v) is 4.12. The van der Waals surface area contributed by atoms with Crippen molar-refractivity contribution in [1.82, 2.24) is 10.6 Å². The Morgan fingerprint density at radius 2 is 2.10 bits per heavy atom. The number of rotatable bonds is 5. The highest BCUT2D eigenvalue weighted by Gasteiger charge is 2.15. The van der Waals surface area contributed by atoms with Gasteiger partial charge in [0.25, 0.3) is 0 Å². The molecule has 1 fully saturated rings. The van der Waals surface area contributed by atoms with Crippen LogP contribution in [-0.4, -0.2) is 19.0 Å². The van der Waals surface area contributed by atoms with Crippen molar-refractivity contribution in [2.24, 2.45) is 5.92 Å². The topological polar surface area (TPSA) is 41.1 Å². The predicted molar refractivity (Wildman–Crippen MR) is 85.3 cm³/mol. The Labute approximate surface area is 136 Å². The van der Waals surface area contributed by atoms with Crippen molar-refractivity contribution in [2.45, 2.75) is 32.2 Å². The molecule has 1 aromatic rings. The summed E-state index contributed by atoms with van der Waals surface area (Å²) in [6.45, 7) is 2.23. The summed E-state index contributed by atoms with van der Waals surface area (Å²) in [5.41, 5.74) is 0.351. The summed E-state index contributed by atoms with van der Waals surface area (Å²) in [5, 5.41) is 6.40. The first-order valence-corrected chi connectivity index (χ1v) is 7.45. The fraction of sp³-hybridized carbons (Fsp3) is 0.533. The third kappa shape index (κ3) is 5.81. The molecule has 1 aliphatic heterocycles. The number of carbonyl (C=O) groups is 1. The minimum Gasteiger partial charge on any atom is -0.352 e. The zero-order chi connectivity index (χ0) is 14.4. The summed E-state index contributed by atoms with van der Waals surface area (Å²) in [5.74, 6) is 0.207. The molecule has 1 amide bonds. The molecule has 6 heteroatoms. The Morgan fingerprint density at radius 3 is 2.76 bits per heavy atom. The minimum absolute atomic E-state index is 0. The number of piperidine rings is 1. The highest BCUT2D eigenvalue weighted by atomic mass is 35.5. The molecule has 0 radical (unpaired) electrons. The fourth-order valence-electron chi connectivity index (χ4n) is 2.48. The van der Waals surface area contributed by atoms with Crippen LogP contribution in [0.2, 0.25) is 5.02 Å². The summed E-state index contributed by atoms with van der Waals surface area (Å²) in [4.78, 5) is 11.8. The first-order valence-electron chi connectivity index (χ1n) is 7.07. The lowest BCUT2D eigenvalue weighted by Crippen LogP contribution is -2.29. The van der Waals surface area contributed by atoms with Crippen LogP contribution in [0, 0.1) is 11.7 Å². The molecule has 2 rings (SSSR count). The highest BCUT2D eigenvalue weighted by Crippen LogP contribution is 2.19. The number of carbonyl (C=O) groups excluding carboxylic acids is 1. The van der Waals surface area contributed by atoms with Gasteiger partial charge in [-0.1, -0.05) is 17.7 Å². The van der Waals surface area contributed by atoms with Gasteiger partial charge < -0.3 is 10.6 Å². The maximum atomic E-state index is 13.5. The predicted octanol–water partition coefficient (Wildman–Crippen LogP) is 3.30. The van der Waals surface area contributed by atoms with Gasteiger partial charge in [-0.25, -0.2) is 4.39 Å². The van der Waals surface area contributed by atoms with E-state index in [4.69, 9.17) is 11.6 Å². The first kappa shape index (κ1) is 18.2. The van der Waals surface area contributed by atoms with Gasteiger partial charge in [0.05, 0.1) is 0 Å². The normalized spacial score (nSPS) is 15.3. The first-order chi connectivity index (χ1) is 9.66. The molecule has 1 aromatic carbocycles. The van der Waals surface area contributed by atoms with Gasteiger partial charge in [0.15, 0.2) is 0 Å². The third-order valence-electron chi connectivity index (χ3n) is 3.76. The van der Waals surface area contributed by atoms with Crippen LogP contribution in [0.1, 0.15) is 31.2 Å². The van der Waals surface area contributed by atoms with Crippen LogP contribution < -0.4 is 10.6 Å². The molecule has 0 aromatic heterocycles. The maximum Gasteiger partial charge on any atom is 0.220 e. The van der Waals surface area contributed by atoms with Gasteiger partial charge >= 0.3 is 0 Å². The van der Waals surface area contributed by atoms with Crippen molar-refractivity contribution in [1.29, 1.82) is 0 Å². The molecule has 1 saturated heterocycles. The summed E-state index contributed by atoms with van der Waals surface area (Å²) < 4.78 is 13.5. The lowest BCUT2D eigenvalue weighted by atomic mass is 9.93. The molecule has 0 bridgehead atoms. The minimum atomic E-state index is -0.379. The van der Waals surface area contributed by atoms with Gasteiger partial charge in [-0.3, -0.25) is 4.79 Å². The molecule has 0 saturated carbocycles. The Hall–Kier alpha value is -0.840. The van der Waals surface area contributed by atoms with Crippen LogP contribution in [-0.2, 0) is 11.3 Å². The summed E-state index contributed by atoms with van der Waals surface area (Å²) in [6.07, 6.45) is 3.66. The summed E-state index contributed by atoms with van der Waals surface area (Å²) in [6, 6.07) is 4.53. The van der Waals surface area contributed by atoms with Crippen LogP contribution in [0.3, 0.4) is 0 Å². The largest absolute Gasteiger partial charge is 0.352 e. The second kappa shape index (κ2) is 9.23. The standard InChI is InChI=1S/C15H20ClFN2O.ClH/c16-13-2-1-3-14(17)12(13)10-19-15(20)5-4-11-6-8-18-9-7-11;/h1-3,11,18H,4-10H2,(H,19,20);1H. The van der Waals surface area contributed by atoms with Gasteiger partial charge in [0.2, 0.25) is 5.91 Å². The molecule has 21 heavy (non-hydrogen) atoms. The second-order valence-corrected chi connectivity index (χ2v) is 5.62. The number of hydrogen-bond donors (Lipinski definition) is 2. The lowest BCUT2D eigenvalue weighted by Gasteiger charge is -2.22. The monoisotopic (exact) mass is 334 g/mol. The zero-order valence-electron chi connectivity index (χ0n) is 11.8. The molecule has 1 aliphatic rings. The molecule has 0 aliphatic carbocycles. The van der Waals surface area contributed by atoms with E-state index in [9.17, 15) is 9.18 Å². The number of nitrogens with one attached hydrogen (secondary N) is 2. The van der Waals surface area contributed by atoms with E-state index < -0.39 is 0 Å². The van der Waals surface area contributed by atoms with E-state index in [0.29, 0.717) is 22.9 Å². The van der Waals surface area contributed by atoms with Gasteiger partial charge in [-0.2, -0.15) is 0 Å². The van der Waals surface area contributed by atoms with Gasteiger partial charge in [0, 0.05) is 23.6 Å². The molecule has 0 unspecified atom stereocenters. The van der Waals surface area contributed by atoms with Crippen LogP contribution in [0.15, 0.2) is 18.2 Å². The van der Waals surface area contributed by atoms with E-state index in [1.807, 2.05) is 0 Å². The second-order valence-electron chi connectivity index (χ2n) is 5.21. The van der Waals surface area contributed by atoms with Crippen LogP contribution in [0.5, 0.6) is 0 Å². The summed E-state index contributed by atoms with van der Waals surface area (Å²) in [7, 11) is 0. The van der Waals surface area contributed by atoms with Crippen molar-refractivity contribution in [3.63, 3.8) is 0 Å². The number of benzene rings is 1. The van der Waals surface area contributed by atoms with Crippen LogP contribution in [0.25, 0.3) is 0 Å². The van der Waals surface area contributed by atoms with E-state index in [0.717, 1.165) is 32.4 Å². The molecule has 1 heterocycles. The van der Waals surface area contributed by atoms with Gasteiger partial charge in [0.1, 0.15) is 5.82 Å². The van der Waals surface area contributed by atoms with E-state index in [1.165, 1.54) is 6.07 Å². The Morgan fingerprint density at radius 1 is 1.38 bits per heavy atom. The van der Waals surface area contributed by atoms with E-state index in [-0.39, 0.29) is 30.7 Å². The number of hydrogen-bond acceptors (Lipinski definition) is 2. The molecular weight excluding hydrogens is 314 g/mol.